The summed E-state index contributed by atoms with van der Waals surface area (Å²) in [6.07, 6.45) is 3.43. The van der Waals surface area contributed by atoms with Crippen molar-refractivity contribution in [3.63, 3.8) is 0 Å². The molecular formula is C18H23N3O5S2. The molecule has 1 aliphatic heterocycles. The number of carbonyl (C=O) groups excluding carboxylic acids is 1. The van der Waals surface area contributed by atoms with Crippen LogP contribution in [0, 0.1) is 0 Å². The number of methoxy groups -OCH3 is 1. The fourth-order valence-electron chi connectivity index (χ4n) is 2.82. The van der Waals surface area contributed by atoms with Crippen molar-refractivity contribution in [3.05, 3.63) is 35.3 Å². The van der Waals surface area contributed by atoms with Gasteiger partial charge in [-0.2, -0.15) is 4.31 Å². The van der Waals surface area contributed by atoms with Gasteiger partial charge in [0.05, 0.1) is 13.0 Å². The minimum Gasteiger partial charge on any atom is -0.474 e. The maximum atomic E-state index is 12.6. The number of sulfonamides is 1. The fraction of sp³-hybridized carbons (Fsp3) is 0.444. The second-order valence-corrected chi connectivity index (χ2v) is 9.59. The van der Waals surface area contributed by atoms with Crippen molar-refractivity contribution in [1.29, 1.82) is 0 Å². The van der Waals surface area contributed by atoms with Gasteiger partial charge in [-0.05, 0) is 37.1 Å². The maximum absolute atomic E-state index is 12.6. The summed E-state index contributed by atoms with van der Waals surface area (Å²) in [4.78, 5) is 17.2. The van der Waals surface area contributed by atoms with Crippen molar-refractivity contribution in [3.8, 4) is 5.88 Å². The Hall–Kier alpha value is -2.01. The number of hydrogen-bond donors (Lipinski definition) is 1. The normalized spacial score (nSPS) is 14.9. The Morgan fingerprint density at radius 2 is 2.04 bits per heavy atom. The van der Waals surface area contributed by atoms with Crippen LogP contribution >= 0.6 is 11.3 Å². The number of amides is 1. The molecule has 1 amide bonds. The summed E-state index contributed by atoms with van der Waals surface area (Å²) in [6.45, 7) is 1.85. The van der Waals surface area contributed by atoms with Crippen LogP contribution in [0.25, 0.3) is 0 Å². The van der Waals surface area contributed by atoms with Crippen LogP contribution in [0.5, 0.6) is 5.88 Å². The largest absolute Gasteiger partial charge is 0.474 e. The molecule has 0 bridgehead atoms. The van der Waals surface area contributed by atoms with E-state index in [1.54, 1.807) is 37.6 Å². The van der Waals surface area contributed by atoms with E-state index in [9.17, 15) is 13.2 Å². The molecule has 28 heavy (non-hydrogen) atoms. The first-order chi connectivity index (χ1) is 13.5. The first-order valence-corrected chi connectivity index (χ1v) is 11.2. The molecular weight excluding hydrogens is 402 g/mol. The number of pyridine rings is 1. The van der Waals surface area contributed by atoms with Gasteiger partial charge in [0.25, 0.3) is 10.0 Å². The molecule has 1 N–H and O–H groups in total. The van der Waals surface area contributed by atoms with Gasteiger partial charge >= 0.3 is 0 Å². The summed E-state index contributed by atoms with van der Waals surface area (Å²) in [5, 5.41) is 2.77. The van der Waals surface area contributed by atoms with Crippen molar-refractivity contribution in [2.24, 2.45) is 0 Å². The Kier molecular flexibility index (Phi) is 7.00. The molecule has 0 radical (unpaired) electrons. The minimum absolute atomic E-state index is 0.0760. The smallest absolute Gasteiger partial charge is 0.252 e. The molecule has 3 rings (SSSR count). The molecule has 0 atom stereocenters. The zero-order valence-corrected chi connectivity index (χ0v) is 17.2. The lowest BCUT2D eigenvalue weighted by atomic mass is 10.3. The zero-order chi connectivity index (χ0) is 20.0. The van der Waals surface area contributed by atoms with Crippen molar-refractivity contribution < 1.29 is 22.7 Å². The number of aromatic nitrogens is 1. The average molecular weight is 426 g/mol. The van der Waals surface area contributed by atoms with E-state index in [1.807, 2.05) is 0 Å². The molecule has 0 unspecified atom stereocenters. The SMILES string of the molecule is COCCOc1ncccc1NC(=O)Cc1ccc(S(=O)(=O)N2CCCC2)s1. The van der Waals surface area contributed by atoms with Crippen LogP contribution < -0.4 is 10.1 Å². The van der Waals surface area contributed by atoms with Crippen LogP contribution in [0.3, 0.4) is 0 Å². The van der Waals surface area contributed by atoms with Crippen LogP contribution in [-0.4, -0.2) is 57.0 Å². The number of nitrogens with zero attached hydrogens (tertiary/aromatic N) is 2. The summed E-state index contributed by atoms with van der Waals surface area (Å²) < 4.78 is 37.4. The van der Waals surface area contributed by atoms with Gasteiger partial charge in [-0.3, -0.25) is 4.79 Å². The molecule has 152 valence electrons. The van der Waals surface area contributed by atoms with Gasteiger partial charge in [-0.25, -0.2) is 13.4 Å². The van der Waals surface area contributed by atoms with Crippen LogP contribution in [0.4, 0.5) is 5.69 Å². The predicted octanol–water partition coefficient (Wildman–Crippen LogP) is 2.13. The monoisotopic (exact) mass is 425 g/mol. The van der Waals surface area contributed by atoms with E-state index in [0.717, 1.165) is 24.2 Å². The van der Waals surface area contributed by atoms with Crippen LogP contribution in [0.1, 0.15) is 17.7 Å². The van der Waals surface area contributed by atoms with Gasteiger partial charge in [0.2, 0.25) is 11.8 Å². The molecule has 1 saturated heterocycles. The summed E-state index contributed by atoms with van der Waals surface area (Å²) in [5.41, 5.74) is 0.463. The molecule has 1 aliphatic rings. The Balaban J connectivity index is 1.62. The van der Waals surface area contributed by atoms with E-state index in [-0.39, 0.29) is 16.5 Å². The third-order valence-corrected chi connectivity index (χ3v) is 7.65. The molecule has 0 saturated carbocycles. The minimum atomic E-state index is -3.45. The van der Waals surface area contributed by atoms with Crippen molar-refractivity contribution in [2.45, 2.75) is 23.5 Å². The number of rotatable bonds is 9. The van der Waals surface area contributed by atoms with E-state index < -0.39 is 10.0 Å². The average Bonchev–Trinajstić information content (AvgIpc) is 3.36. The third kappa shape index (κ3) is 5.07. The molecule has 8 nitrogen and oxygen atoms in total. The Morgan fingerprint density at radius 3 is 2.79 bits per heavy atom. The van der Waals surface area contributed by atoms with Gasteiger partial charge in [-0.15, -0.1) is 11.3 Å². The first-order valence-electron chi connectivity index (χ1n) is 8.96. The van der Waals surface area contributed by atoms with E-state index in [4.69, 9.17) is 9.47 Å². The molecule has 0 spiro atoms. The number of carbonyl (C=O) groups is 1. The van der Waals surface area contributed by atoms with E-state index >= 15 is 0 Å². The van der Waals surface area contributed by atoms with Gasteiger partial charge < -0.3 is 14.8 Å². The highest BCUT2D eigenvalue weighted by atomic mass is 32.2. The van der Waals surface area contributed by atoms with E-state index in [2.05, 4.69) is 10.3 Å². The van der Waals surface area contributed by atoms with Crippen molar-refractivity contribution >= 4 is 33.0 Å². The number of anilines is 1. The lowest BCUT2D eigenvalue weighted by Gasteiger charge is -2.13. The Bertz CT molecular complexity index is 907. The zero-order valence-electron chi connectivity index (χ0n) is 15.6. The summed E-state index contributed by atoms with van der Waals surface area (Å²) in [5.74, 6) is 0.0490. The molecule has 2 aromatic heterocycles. The molecule has 2 aromatic rings. The molecule has 3 heterocycles. The number of thiophene rings is 1. The topological polar surface area (TPSA) is 97.8 Å². The Labute approximate surface area is 168 Å². The van der Waals surface area contributed by atoms with Gasteiger partial charge in [0.1, 0.15) is 16.5 Å². The Morgan fingerprint density at radius 1 is 1.25 bits per heavy atom. The van der Waals surface area contributed by atoms with Crippen LogP contribution in [-0.2, 0) is 26.0 Å². The summed E-state index contributed by atoms with van der Waals surface area (Å²) in [7, 11) is -1.88. The van der Waals surface area contributed by atoms with Crippen molar-refractivity contribution in [2.75, 3.05) is 38.7 Å². The maximum Gasteiger partial charge on any atom is 0.252 e. The standard InChI is InChI=1S/C18H23N3O5S2/c1-25-11-12-26-18-15(5-4-8-19-18)20-16(22)13-14-6-7-17(27-14)28(23,24)21-9-2-3-10-21/h4-8H,2-3,9-13H2,1H3,(H,20,22). The lowest BCUT2D eigenvalue weighted by Crippen LogP contribution is -2.27. The predicted molar refractivity (Wildman–Crippen MR) is 106 cm³/mol. The lowest BCUT2D eigenvalue weighted by molar-refractivity contribution is -0.115. The second-order valence-electron chi connectivity index (χ2n) is 6.25. The second kappa shape index (κ2) is 9.46. The van der Waals surface area contributed by atoms with E-state index in [0.29, 0.717) is 42.7 Å². The highest BCUT2D eigenvalue weighted by Gasteiger charge is 2.28. The summed E-state index contributed by atoms with van der Waals surface area (Å²) in [6, 6.07) is 6.66. The quantitative estimate of drug-likeness (QED) is 0.618. The molecule has 0 aliphatic carbocycles. The number of hydrogen-bond acceptors (Lipinski definition) is 7. The first kappa shape index (κ1) is 20.7. The molecule has 1 fully saturated rings. The number of ether oxygens (including phenoxy) is 2. The van der Waals surface area contributed by atoms with Crippen LogP contribution in [0.15, 0.2) is 34.7 Å². The van der Waals surface area contributed by atoms with Gasteiger partial charge in [0.15, 0.2) is 0 Å². The number of nitrogens with one attached hydrogen (secondary N) is 1. The van der Waals surface area contributed by atoms with Crippen LogP contribution in [0.2, 0.25) is 0 Å². The fourth-order valence-corrected chi connectivity index (χ4v) is 5.85. The van der Waals surface area contributed by atoms with Gasteiger partial charge in [0, 0.05) is 31.3 Å². The van der Waals surface area contributed by atoms with Crippen molar-refractivity contribution in [1.82, 2.24) is 9.29 Å². The van der Waals surface area contributed by atoms with E-state index in [1.165, 1.54) is 4.31 Å². The highest BCUT2D eigenvalue weighted by molar-refractivity contribution is 7.91. The summed E-state index contributed by atoms with van der Waals surface area (Å²) >= 11 is 1.13. The van der Waals surface area contributed by atoms with Gasteiger partial charge in [-0.1, -0.05) is 0 Å². The third-order valence-electron chi connectivity index (χ3n) is 4.20. The molecule has 0 aromatic carbocycles. The molecule has 10 heteroatoms. The highest BCUT2D eigenvalue weighted by Crippen LogP contribution is 2.28.